The molecule has 0 saturated carbocycles. The van der Waals surface area contributed by atoms with E-state index in [1.54, 1.807) is 31.4 Å². The molecule has 0 heterocycles. The summed E-state index contributed by atoms with van der Waals surface area (Å²) in [6.45, 7) is 2.44. The third-order valence-corrected chi connectivity index (χ3v) is 4.91. The lowest BCUT2D eigenvalue weighted by Crippen LogP contribution is -1.99. The van der Waals surface area contributed by atoms with Crippen molar-refractivity contribution in [3.05, 3.63) is 93.2 Å². The van der Waals surface area contributed by atoms with Crippen molar-refractivity contribution in [1.29, 1.82) is 5.26 Å². The van der Waals surface area contributed by atoms with Gasteiger partial charge in [0.2, 0.25) is 0 Å². The molecule has 0 bridgehead atoms. The maximum atomic E-state index is 13.5. The molecule has 0 aromatic heterocycles. The first-order valence-electron chi connectivity index (χ1n) is 8.94. The Labute approximate surface area is 178 Å². The van der Waals surface area contributed by atoms with Crippen molar-refractivity contribution in [2.24, 2.45) is 0 Å². The molecule has 0 aliphatic carbocycles. The van der Waals surface area contributed by atoms with E-state index >= 15 is 0 Å². The zero-order valence-corrected chi connectivity index (χ0v) is 17.7. The number of allylic oxidation sites excluding steroid dienone is 1. The average Bonchev–Trinajstić information content (AvgIpc) is 2.72. The summed E-state index contributed by atoms with van der Waals surface area (Å²) in [5, 5.41) is 9.50. The molecule has 146 valence electrons. The predicted octanol–water partition coefficient (Wildman–Crippen LogP) is 6.55. The van der Waals surface area contributed by atoms with Gasteiger partial charge >= 0.3 is 0 Å². The highest BCUT2D eigenvalue weighted by Crippen LogP contribution is 2.38. The first-order valence-corrected chi connectivity index (χ1v) is 9.73. The highest BCUT2D eigenvalue weighted by atomic mass is 79.9. The van der Waals surface area contributed by atoms with Gasteiger partial charge in [0.25, 0.3) is 0 Å². The number of ether oxygens (including phenoxy) is 2. The first-order chi connectivity index (χ1) is 14.0. The molecule has 0 atom stereocenters. The van der Waals surface area contributed by atoms with Crippen molar-refractivity contribution >= 4 is 27.6 Å². The maximum Gasteiger partial charge on any atom is 0.175 e. The normalized spacial score (nSPS) is 11.1. The fourth-order valence-electron chi connectivity index (χ4n) is 2.81. The minimum Gasteiger partial charge on any atom is -0.493 e. The molecule has 0 unspecified atom stereocenters. The Kier molecular flexibility index (Phi) is 6.69. The zero-order chi connectivity index (χ0) is 20.8. The average molecular weight is 452 g/mol. The number of halogens is 2. The van der Waals surface area contributed by atoms with E-state index in [9.17, 15) is 9.65 Å². The van der Waals surface area contributed by atoms with E-state index < -0.39 is 0 Å². The number of nitrogens with zero attached hydrogens (tertiary/aromatic N) is 1. The molecule has 3 aromatic rings. The van der Waals surface area contributed by atoms with E-state index in [1.165, 1.54) is 17.7 Å². The Morgan fingerprint density at radius 1 is 1.14 bits per heavy atom. The van der Waals surface area contributed by atoms with Crippen molar-refractivity contribution in [1.82, 2.24) is 0 Å². The second-order valence-corrected chi connectivity index (χ2v) is 7.34. The van der Waals surface area contributed by atoms with Crippen LogP contribution >= 0.6 is 15.9 Å². The van der Waals surface area contributed by atoms with Gasteiger partial charge in [-0.25, -0.2) is 4.39 Å². The molecule has 0 aliphatic rings. The summed E-state index contributed by atoms with van der Waals surface area (Å²) in [5.41, 5.74) is 3.84. The standard InChI is InChI=1S/C24H19BrFNO2/c1-16-6-8-17(9-7-16)15-29-24-22(25)11-18(12-23(24)28-2)10-20(14-27)19-4-3-5-21(26)13-19/h3-13H,15H2,1-2H3/b20-10-. The van der Waals surface area contributed by atoms with Crippen LogP contribution in [0.5, 0.6) is 11.5 Å². The zero-order valence-electron chi connectivity index (χ0n) is 16.1. The van der Waals surface area contributed by atoms with Crippen molar-refractivity contribution in [3.8, 4) is 17.6 Å². The molecule has 5 heteroatoms. The monoisotopic (exact) mass is 451 g/mol. The van der Waals surface area contributed by atoms with Gasteiger partial charge in [-0.05, 0) is 69.9 Å². The fraction of sp³-hybridized carbons (Fsp3) is 0.125. The Hall–Kier alpha value is -3.10. The molecule has 3 aromatic carbocycles. The first kappa shape index (κ1) is 20.6. The Balaban J connectivity index is 1.89. The van der Waals surface area contributed by atoms with E-state index in [2.05, 4.69) is 22.0 Å². The van der Waals surface area contributed by atoms with Crippen LogP contribution in [0.3, 0.4) is 0 Å². The predicted molar refractivity (Wildman–Crippen MR) is 116 cm³/mol. The molecule has 0 aliphatic heterocycles. The Morgan fingerprint density at radius 2 is 1.90 bits per heavy atom. The van der Waals surface area contributed by atoms with Gasteiger partial charge < -0.3 is 9.47 Å². The van der Waals surface area contributed by atoms with Crippen LogP contribution in [0, 0.1) is 24.1 Å². The van der Waals surface area contributed by atoms with Crippen molar-refractivity contribution in [2.75, 3.05) is 7.11 Å². The maximum absolute atomic E-state index is 13.5. The van der Waals surface area contributed by atoms with Gasteiger partial charge in [0.15, 0.2) is 11.5 Å². The summed E-state index contributed by atoms with van der Waals surface area (Å²) in [6, 6.07) is 19.8. The molecular weight excluding hydrogens is 433 g/mol. The molecule has 29 heavy (non-hydrogen) atoms. The van der Waals surface area contributed by atoms with E-state index in [1.807, 2.05) is 37.3 Å². The molecule has 0 amide bonds. The van der Waals surface area contributed by atoms with Gasteiger partial charge in [-0.3, -0.25) is 0 Å². The Bertz CT molecular complexity index is 1090. The number of benzene rings is 3. The van der Waals surface area contributed by atoms with Gasteiger partial charge in [-0.1, -0.05) is 42.0 Å². The molecule has 0 spiro atoms. The van der Waals surface area contributed by atoms with Crippen LogP contribution in [-0.2, 0) is 6.61 Å². The van der Waals surface area contributed by atoms with E-state index in [0.717, 1.165) is 11.1 Å². The number of methoxy groups -OCH3 is 1. The molecule has 0 fully saturated rings. The molecule has 0 saturated heterocycles. The van der Waals surface area contributed by atoms with Crippen LogP contribution < -0.4 is 9.47 Å². The smallest absolute Gasteiger partial charge is 0.175 e. The summed E-state index contributed by atoms with van der Waals surface area (Å²) < 4.78 is 25.7. The van der Waals surface area contributed by atoms with Gasteiger partial charge in [-0.15, -0.1) is 0 Å². The summed E-state index contributed by atoms with van der Waals surface area (Å²) >= 11 is 3.53. The number of nitriles is 1. The minimum absolute atomic E-state index is 0.353. The molecular formula is C24H19BrFNO2. The van der Waals surface area contributed by atoms with Crippen molar-refractivity contribution in [2.45, 2.75) is 13.5 Å². The summed E-state index contributed by atoms with van der Waals surface area (Å²) in [4.78, 5) is 0. The topological polar surface area (TPSA) is 42.2 Å². The lowest BCUT2D eigenvalue weighted by atomic mass is 10.0. The molecule has 3 nitrogen and oxygen atoms in total. The summed E-state index contributed by atoms with van der Waals surface area (Å²) in [6.07, 6.45) is 1.69. The van der Waals surface area contributed by atoms with Gasteiger partial charge in [0.05, 0.1) is 23.2 Å². The number of hydrogen-bond donors (Lipinski definition) is 0. The number of aryl methyl sites for hydroxylation is 1. The van der Waals surface area contributed by atoms with Crippen molar-refractivity contribution < 1.29 is 13.9 Å². The van der Waals surface area contributed by atoms with Crippen LogP contribution in [0.4, 0.5) is 4.39 Å². The molecule has 0 N–H and O–H groups in total. The number of hydrogen-bond acceptors (Lipinski definition) is 3. The third kappa shape index (κ3) is 5.24. The summed E-state index contributed by atoms with van der Waals surface area (Å²) in [5.74, 6) is 0.728. The van der Waals surface area contributed by atoms with E-state index in [0.29, 0.717) is 33.7 Å². The molecule has 3 rings (SSSR count). The minimum atomic E-state index is -0.387. The van der Waals surface area contributed by atoms with Crippen molar-refractivity contribution in [3.63, 3.8) is 0 Å². The van der Waals surface area contributed by atoms with Crippen LogP contribution in [0.1, 0.15) is 22.3 Å². The van der Waals surface area contributed by atoms with Crippen LogP contribution in [-0.4, -0.2) is 7.11 Å². The lowest BCUT2D eigenvalue weighted by molar-refractivity contribution is 0.282. The second kappa shape index (κ2) is 9.40. The highest BCUT2D eigenvalue weighted by molar-refractivity contribution is 9.10. The third-order valence-electron chi connectivity index (χ3n) is 4.32. The van der Waals surface area contributed by atoms with E-state index in [4.69, 9.17) is 9.47 Å². The summed E-state index contributed by atoms with van der Waals surface area (Å²) in [7, 11) is 1.56. The lowest BCUT2D eigenvalue weighted by Gasteiger charge is -2.14. The van der Waals surface area contributed by atoms with Gasteiger partial charge in [0, 0.05) is 0 Å². The quantitative estimate of drug-likeness (QED) is 0.315. The fourth-order valence-corrected chi connectivity index (χ4v) is 3.38. The van der Waals surface area contributed by atoms with Gasteiger partial charge in [-0.2, -0.15) is 5.26 Å². The van der Waals surface area contributed by atoms with Gasteiger partial charge in [0.1, 0.15) is 12.4 Å². The van der Waals surface area contributed by atoms with Crippen LogP contribution in [0.25, 0.3) is 11.6 Å². The SMILES string of the molecule is COc1cc(/C=C(/C#N)c2cccc(F)c2)cc(Br)c1OCc1ccc(C)cc1. The van der Waals surface area contributed by atoms with Crippen LogP contribution in [0.15, 0.2) is 65.1 Å². The highest BCUT2D eigenvalue weighted by Gasteiger charge is 2.12. The molecule has 0 radical (unpaired) electrons. The second-order valence-electron chi connectivity index (χ2n) is 6.49. The number of rotatable bonds is 6. The van der Waals surface area contributed by atoms with Crippen LogP contribution in [0.2, 0.25) is 0 Å². The largest absolute Gasteiger partial charge is 0.493 e. The Morgan fingerprint density at radius 3 is 2.55 bits per heavy atom. The van der Waals surface area contributed by atoms with E-state index in [-0.39, 0.29) is 5.82 Å².